The predicted octanol–water partition coefficient (Wildman–Crippen LogP) is 8.45. The van der Waals surface area contributed by atoms with Gasteiger partial charge in [0, 0.05) is 0 Å². The first kappa shape index (κ1) is 38.6. The molecule has 0 aliphatic heterocycles. The average molecular weight is 595 g/mol. The number of hydrogen-bond donors (Lipinski definition) is 0. The molecule has 0 unspecified atom stereocenters. The quantitative estimate of drug-likeness (QED) is 0.0658. The molecule has 0 fully saturated rings. The van der Waals surface area contributed by atoms with Gasteiger partial charge in [-0.3, -0.25) is 0 Å². The van der Waals surface area contributed by atoms with Gasteiger partial charge in [-0.05, 0) is 53.6 Å². The maximum atomic E-state index is 12.6. The Bertz CT molecular complexity index is 1030. The summed E-state index contributed by atoms with van der Waals surface area (Å²) in [6, 6.07) is 9.98. The standard InChI is InChI=1S/C36H60O3S.Na/c1-3-5-7-9-11-13-15-17-19-21-23-28-33-31-32-27-25-26-29-34(32)35(36(33)40(37,38)39)30-24-22-20-18-16-14-12-10-8-6-4-2;/h25-27,29,31H,3-24,28,30H2,1-2H3,(H,37,38,39);/q;+1/p-1. The molecule has 2 rings (SSSR count). The number of aryl methyl sites for hydroxylation is 2. The van der Waals surface area contributed by atoms with Crippen LogP contribution in [0.3, 0.4) is 0 Å². The molecule has 228 valence electrons. The van der Waals surface area contributed by atoms with Gasteiger partial charge in [-0.15, -0.1) is 0 Å². The molecule has 0 heterocycles. The van der Waals surface area contributed by atoms with E-state index in [9.17, 15) is 13.0 Å². The Balaban J connectivity index is 0.00000840. The van der Waals surface area contributed by atoms with Crippen LogP contribution in [0.25, 0.3) is 10.8 Å². The molecule has 0 aliphatic rings. The Labute approximate surface area is 276 Å². The molecule has 0 saturated heterocycles. The van der Waals surface area contributed by atoms with Crippen molar-refractivity contribution in [1.29, 1.82) is 0 Å². The van der Waals surface area contributed by atoms with Crippen LogP contribution in [-0.2, 0) is 23.0 Å². The van der Waals surface area contributed by atoms with Crippen LogP contribution in [0.1, 0.15) is 166 Å². The maximum Gasteiger partial charge on any atom is 1.00 e. The van der Waals surface area contributed by atoms with Crippen molar-refractivity contribution >= 4 is 20.9 Å². The normalized spacial score (nSPS) is 11.7. The van der Waals surface area contributed by atoms with Gasteiger partial charge in [-0.2, -0.15) is 0 Å². The zero-order valence-electron chi connectivity index (χ0n) is 27.0. The minimum atomic E-state index is -4.53. The molecule has 0 bridgehead atoms. The number of unbranched alkanes of at least 4 members (excludes halogenated alkanes) is 20. The Morgan fingerprint density at radius 1 is 0.561 bits per heavy atom. The molecule has 0 atom stereocenters. The summed E-state index contributed by atoms with van der Waals surface area (Å²) in [6.45, 7) is 4.52. The molecule has 0 radical (unpaired) electrons. The van der Waals surface area contributed by atoms with Crippen LogP contribution in [0.5, 0.6) is 0 Å². The first-order valence-electron chi connectivity index (χ1n) is 17.0. The van der Waals surface area contributed by atoms with E-state index >= 15 is 0 Å². The predicted molar refractivity (Wildman–Crippen MR) is 172 cm³/mol. The number of hydrogen-bond acceptors (Lipinski definition) is 3. The summed E-state index contributed by atoms with van der Waals surface area (Å²) < 4.78 is 37.7. The van der Waals surface area contributed by atoms with Crippen molar-refractivity contribution in [2.75, 3.05) is 0 Å². The number of fused-ring (bicyclic) bond motifs is 1. The monoisotopic (exact) mass is 594 g/mol. The fourth-order valence-corrected chi connectivity index (χ4v) is 7.15. The summed E-state index contributed by atoms with van der Waals surface area (Å²) in [5.41, 5.74) is 1.50. The third kappa shape index (κ3) is 16.3. The Hall–Kier alpha value is -0.390. The summed E-state index contributed by atoms with van der Waals surface area (Å²) >= 11 is 0. The first-order chi connectivity index (χ1) is 19.5. The van der Waals surface area contributed by atoms with Crippen LogP contribution in [0, 0.1) is 0 Å². The van der Waals surface area contributed by atoms with Crippen LogP contribution < -0.4 is 29.6 Å². The number of benzene rings is 2. The molecular weight excluding hydrogens is 535 g/mol. The van der Waals surface area contributed by atoms with Gasteiger partial charge in [-0.25, -0.2) is 8.42 Å². The molecule has 0 aliphatic carbocycles. The van der Waals surface area contributed by atoms with Crippen molar-refractivity contribution in [3.8, 4) is 0 Å². The molecule has 41 heavy (non-hydrogen) atoms. The fraction of sp³-hybridized carbons (Fsp3) is 0.722. The molecule has 2 aromatic rings. The second kappa shape index (κ2) is 24.0. The summed E-state index contributed by atoms with van der Waals surface area (Å²) in [4.78, 5) is 0.0883. The van der Waals surface area contributed by atoms with Crippen LogP contribution >= 0.6 is 0 Å². The van der Waals surface area contributed by atoms with E-state index in [-0.39, 0.29) is 34.5 Å². The van der Waals surface area contributed by atoms with Crippen LogP contribution in [0.4, 0.5) is 0 Å². The van der Waals surface area contributed by atoms with Gasteiger partial charge in [0.2, 0.25) is 0 Å². The van der Waals surface area contributed by atoms with Gasteiger partial charge < -0.3 is 4.55 Å². The van der Waals surface area contributed by atoms with Crippen molar-refractivity contribution in [2.24, 2.45) is 0 Å². The van der Waals surface area contributed by atoms with E-state index in [1.807, 2.05) is 24.3 Å². The van der Waals surface area contributed by atoms with E-state index in [1.54, 1.807) is 0 Å². The molecule has 0 saturated carbocycles. The molecule has 3 nitrogen and oxygen atoms in total. The molecule has 0 N–H and O–H groups in total. The molecular formula is C36H59NaO3S. The van der Waals surface area contributed by atoms with Gasteiger partial charge in [0.15, 0.2) is 0 Å². The second-order valence-corrected chi connectivity index (χ2v) is 13.4. The topological polar surface area (TPSA) is 57.2 Å². The van der Waals surface area contributed by atoms with Crippen molar-refractivity contribution < 1.29 is 42.5 Å². The largest absolute Gasteiger partial charge is 1.00 e. The Morgan fingerprint density at radius 2 is 0.951 bits per heavy atom. The van der Waals surface area contributed by atoms with Gasteiger partial charge >= 0.3 is 29.6 Å². The average Bonchev–Trinajstić information content (AvgIpc) is 2.93. The van der Waals surface area contributed by atoms with E-state index in [4.69, 9.17) is 0 Å². The van der Waals surface area contributed by atoms with E-state index in [2.05, 4.69) is 19.9 Å². The van der Waals surface area contributed by atoms with Crippen molar-refractivity contribution in [1.82, 2.24) is 0 Å². The zero-order valence-corrected chi connectivity index (χ0v) is 29.8. The maximum absolute atomic E-state index is 12.6. The van der Waals surface area contributed by atoms with E-state index in [1.165, 1.54) is 116 Å². The second-order valence-electron chi connectivity index (χ2n) is 12.1. The van der Waals surface area contributed by atoms with Gasteiger partial charge in [0.25, 0.3) is 0 Å². The minimum Gasteiger partial charge on any atom is -0.744 e. The molecule has 2 aromatic carbocycles. The van der Waals surface area contributed by atoms with Crippen molar-refractivity contribution in [2.45, 2.75) is 173 Å². The van der Waals surface area contributed by atoms with Gasteiger partial charge in [0.05, 0.1) is 4.90 Å². The van der Waals surface area contributed by atoms with E-state index in [0.29, 0.717) is 12.8 Å². The zero-order chi connectivity index (χ0) is 28.9. The van der Waals surface area contributed by atoms with Gasteiger partial charge in [0.1, 0.15) is 10.1 Å². The van der Waals surface area contributed by atoms with Crippen LogP contribution in [0.15, 0.2) is 35.2 Å². The summed E-state index contributed by atoms with van der Waals surface area (Å²) in [7, 11) is -4.53. The molecule has 0 amide bonds. The first-order valence-corrected chi connectivity index (χ1v) is 18.4. The van der Waals surface area contributed by atoms with Crippen LogP contribution in [-0.4, -0.2) is 13.0 Å². The minimum absolute atomic E-state index is 0. The summed E-state index contributed by atoms with van der Waals surface area (Å²) in [5.74, 6) is 0. The van der Waals surface area contributed by atoms with E-state index in [0.717, 1.165) is 47.6 Å². The van der Waals surface area contributed by atoms with Gasteiger partial charge in [-0.1, -0.05) is 167 Å². The summed E-state index contributed by atoms with van der Waals surface area (Å²) in [6.07, 6.45) is 29.0. The van der Waals surface area contributed by atoms with E-state index < -0.39 is 10.1 Å². The smallest absolute Gasteiger partial charge is 0.744 e. The fourth-order valence-electron chi connectivity index (χ4n) is 6.16. The third-order valence-corrected chi connectivity index (χ3v) is 9.52. The Morgan fingerprint density at radius 3 is 1.39 bits per heavy atom. The Kier molecular flexibility index (Phi) is 22.6. The third-order valence-electron chi connectivity index (χ3n) is 8.51. The molecule has 5 heteroatoms. The van der Waals surface area contributed by atoms with Crippen molar-refractivity contribution in [3.63, 3.8) is 0 Å². The summed E-state index contributed by atoms with van der Waals surface area (Å²) in [5, 5.41) is 2.00. The number of rotatable bonds is 25. The van der Waals surface area contributed by atoms with Crippen molar-refractivity contribution in [3.05, 3.63) is 41.5 Å². The molecule has 0 spiro atoms. The van der Waals surface area contributed by atoms with Crippen LogP contribution in [0.2, 0.25) is 0 Å². The SMILES string of the molecule is CCCCCCCCCCCCCc1cc2ccccc2c(CCCCCCCCCCCCC)c1S(=O)(=O)[O-].[Na+]. The molecule has 0 aromatic heterocycles.